The van der Waals surface area contributed by atoms with Crippen molar-refractivity contribution in [1.29, 1.82) is 0 Å². The predicted molar refractivity (Wildman–Crippen MR) is 103 cm³/mol. The molecule has 2 heterocycles. The molecule has 30 heavy (non-hydrogen) atoms. The number of amides is 1. The normalized spacial score (nSPS) is 17.7. The van der Waals surface area contributed by atoms with Gasteiger partial charge in [0, 0.05) is 6.54 Å². The standard InChI is InChI=1S/C21H18ClF2NO5/c22-14-10-16(24)15(23)9-13(14)21(27)30-11-20(26)25-5-1-2-17(25)12-3-4-18-19(8-12)29-7-6-28-18/h3-4,8-10,17H,1-2,5-7,11H2. The maximum absolute atomic E-state index is 13.4. The van der Waals surface area contributed by atoms with Crippen LogP contribution in [0.4, 0.5) is 8.78 Å². The lowest BCUT2D eigenvalue weighted by atomic mass is 10.0. The molecule has 2 aromatic carbocycles. The van der Waals surface area contributed by atoms with E-state index in [9.17, 15) is 18.4 Å². The smallest absolute Gasteiger partial charge is 0.340 e. The van der Waals surface area contributed by atoms with Crippen LogP contribution in [0.15, 0.2) is 30.3 Å². The van der Waals surface area contributed by atoms with Crippen LogP contribution < -0.4 is 9.47 Å². The van der Waals surface area contributed by atoms with E-state index in [2.05, 4.69) is 0 Å². The molecular formula is C21H18ClF2NO5. The summed E-state index contributed by atoms with van der Waals surface area (Å²) in [6.45, 7) is 0.941. The van der Waals surface area contributed by atoms with Gasteiger partial charge in [-0.05, 0) is 42.7 Å². The molecule has 0 N–H and O–H groups in total. The molecular weight excluding hydrogens is 420 g/mol. The number of ether oxygens (including phenoxy) is 3. The van der Waals surface area contributed by atoms with Crippen molar-refractivity contribution in [2.24, 2.45) is 0 Å². The van der Waals surface area contributed by atoms with E-state index in [-0.39, 0.29) is 22.5 Å². The molecule has 158 valence electrons. The zero-order valence-corrected chi connectivity index (χ0v) is 16.6. The minimum absolute atomic E-state index is 0.182. The van der Waals surface area contributed by atoms with E-state index in [4.69, 9.17) is 25.8 Å². The minimum Gasteiger partial charge on any atom is -0.486 e. The van der Waals surface area contributed by atoms with Crippen molar-refractivity contribution in [1.82, 2.24) is 4.90 Å². The number of esters is 1. The molecule has 0 aromatic heterocycles. The average molecular weight is 438 g/mol. The first-order chi connectivity index (χ1) is 14.4. The van der Waals surface area contributed by atoms with Crippen molar-refractivity contribution in [3.63, 3.8) is 0 Å². The molecule has 1 fully saturated rings. The van der Waals surface area contributed by atoms with Crippen molar-refractivity contribution in [3.8, 4) is 11.5 Å². The van der Waals surface area contributed by atoms with Gasteiger partial charge in [-0.3, -0.25) is 4.79 Å². The van der Waals surface area contributed by atoms with E-state index in [1.807, 2.05) is 18.2 Å². The molecule has 0 bridgehead atoms. The van der Waals surface area contributed by atoms with Gasteiger partial charge in [-0.15, -0.1) is 0 Å². The molecule has 0 spiro atoms. The molecule has 1 atom stereocenters. The maximum Gasteiger partial charge on any atom is 0.340 e. The highest BCUT2D eigenvalue weighted by atomic mass is 35.5. The molecule has 1 amide bonds. The van der Waals surface area contributed by atoms with E-state index in [1.54, 1.807) is 4.90 Å². The van der Waals surface area contributed by atoms with Crippen LogP contribution in [0.25, 0.3) is 0 Å². The van der Waals surface area contributed by atoms with Crippen LogP contribution in [-0.4, -0.2) is 43.1 Å². The van der Waals surface area contributed by atoms with Crippen LogP contribution in [0.1, 0.15) is 34.8 Å². The number of likely N-dealkylation sites (tertiary alicyclic amines) is 1. The summed E-state index contributed by atoms with van der Waals surface area (Å²) in [5.74, 6) is -2.49. The van der Waals surface area contributed by atoms with Crippen LogP contribution in [0.2, 0.25) is 5.02 Å². The van der Waals surface area contributed by atoms with Gasteiger partial charge in [0.1, 0.15) is 13.2 Å². The van der Waals surface area contributed by atoms with Gasteiger partial charge in [-0.1, -0.05) is 17.7 Å². The monoisotopic (exact) mass is 437 g/mol. The summed E-state index contributed by atoms with van der Waals surface area (Å²) in [5.41, 5.74) is 0.563. The highest BCUT2D eigenvalue weighted by Gasteiger charge is 2.31. The summed E-state index contributed by atoms with van der Waals surface area (Å²) < 4.78 is 42.7. The number of rotatable bonds is 4. The summed E-state index contributed by atoms with van der Waals surface area (Å²) in [6, 6.07) is 6.72. The van der Waals surface area contributed by atoms with Crippen LogP contribution >= 0.6 is 11.6 Å². The molecule has 9 heteroatoms. The molecule has 0 saturated carbocycles. The second kappa shape index (κ2) is 8.47. The molecule has 6 nitrogen and oxygen atoms in total. The largest absolute Gasteiger partial charge is 0.486 e. The molecule has 2 aliphatic rings. The third-order valence-electron chi connectivity index (χ3n) is 5.08. The fraction of sp³-hybridized carbons (Fsp3) is 0.333. The molecule has 2 aromatic rings. The Labute approximate surface area is 176 Å². The van der Waals surface area contributed by atoms with Crippen molar-refractivity contribution < 1.29 is 32.6 Å². The molecule has 0 aliphatic carbocycles. The number of fused-ring (bicyclic) bond motifs is 1. The molecule has 2 aliphatic heterocycles. The molecule has 0 radical (unpaired) electrons. The molecule has 1 saturated heterocycles. The Bertz CT molecular complexity index is 1000. The van der Waals surface area contributed by atoms with E-state index in [0.29, 0.717) is 43.4 Å². The summed E-state index contributed by atoms with van der Waals surface area (Å²) >= 11 is 5.78. The highest BCUT2D eigenvalue weighted by molar-refractivity contribution is 6.33. The fourth-order valence-corrected chi connectivity index (χ4v) is 3.87. The van der Waals surface area contributed by atoms with Crippen molar-refractivity contribution in [3.05, 3.63) is 58.1 Å². The van der Waals surface area contributed by atoms with Gasteiger partial charge in [0.2, 0.25) is 0 Å². The Hall–Kier alpha value is -2.87. The third kappa shape index (κ3) is 4.05. The Morgan fingerprint density at radius 2 is 1.83 bits per heavy atom. The average Bonchev–Trinajstić information content (AvgIpc) is 3.24. The number of carbonyl (C=O) groups excluding carboxylic acids is 2. The van der Waals surface area contributed by atoms with Crippen LogP contribution in [0.5, 0.6) is 11.5 Å². The van der Waals surface area contributed by atoms with Crippen molar-refractivity contribution >= 4 is 23.5 Å². The summed E-state index contributed by atoms with van der Waals surface area (Å²) in [7, 11) is 0. The summed E-state index contributed by atoms with van der Waals surface area (Å²) in [5, 5.41) is -0.290. The van der Waals surface area contributed by atoms with E-state index < -0.39 is 24.2 Å². The van der Waals surface area contributed by atoms with Crippen LogP contribution in [-0.2, 0) is 9.53 Å². The zero-order valence-electron chi connectivity index (χ0n) is 15.8. The predicted octanol–water partition coefficient (Wildman–Crippen LogP) is 3.91. The minimum atomic E-state index is -1.23. The topological polar surface area (TPSA) is 65.1 Å². The number of nitrogens with zero attached hydrogens (tertiary/aromatic N) is 1. The number of carbonyl (C=O) groups is 2. The Morgan fingerprint density at radius 1 is 1.10 bits per heavy atom. The lowest BCUT2D eigenvalue weighted by molar-refractivity contribution is -0.135. The van der Waals surface area contributed by atoms with Crippen LogP contribution in [0, 0.1) is 11.6 Å². The molecule has 4 rings (SSSR count). The van der Waals surface area contributed by atoms with E-state index in [1.165, 1.54) is 0 Å². The second-order valence-corrected chi connectivity index (χ2v) is 7.38. The SMILES string of the molecule is O=C(OCC(=O)N1CCCC1c1ccc2c(c1)OCCO2)c1cc(F)c(F)cc1Cl. The fourth-order valence-electron chi connectivity index (χ4n) is 3.65. The second-order valence-electron chi connectivity index (χ2n) is 6.97. The first-order valence-corrected chi connectivity index (χ1v) is 9.82. The van der Waals surface area contributed by atoms with Crippen LogP contribution in [0.3, 0.4) is 0 Å². The Kier molecular flexibility index (Phi) is 5.76. The first-order valence-electron chi connectivity index (χ1n) is 9.44. The number of halogens is 3. The summed E-state index contributed by atoms with van der Waals surface area (Å²) in [6.07, 6.45) is 1.56. The van der Waals surface area contributed by atoms with E-state index >= 15 is 0 Å². The summed E-state index contributed by atoms with van der Waals surface area (Å²) in [4.78, 5) is 26.5. The van der Waals surface area contributed by atoms with Gasteiger partial charge in [0.05, 0.1) is 16.6 Å². The van der Waals surface area contributed by atoms with Gasteiger partial charge in [-0.25, -0.2) is 13.6 Å². The third-order valence-corrected chi connectivity index (χ3v) is 5.39. The number of hydrogen-bond donors (Lipinski definition) is 0. The maximum atomic E-state index is 13.4. The Morgan fingerprint density at radius 3 is 2.63 bits per heavy atom. The number of benzene rings is 2. The van der Waals surface area contributed by atoms with Crippen molar-refractivity contribution in [2.75, 3.05) is 26.4 Å². The van der Waals surface area contributed by atoms with Gasteiger partial charge in [0.15, 0.2) is 29.7 Å². The first kappa shape index (κ1) is 20.4. The van der Waals surface area contributed by atoms with Gasteiger partial charge >= 0.3 is 5.97 Å². The quantitative estimate of drug-likeness (QED) is 0.536. The molecule has 1 unspecified atom stereocenters. The van der Waals surface area contributed by atoms with Gasteiger partial charge < -0.3 is 19.1 Å². The highest BCUT2D eigenvalue weighted by Crippen LogP contribution is 2.38. The van der Waals surface area contributed by atoms with Gasteiger partial charge in [0.25, 0.3) is 5.91 Å². The van der Waals surface area contributed by atoms with Crippen molar-refractivity contribution in [2.45, 2.75) is 18.9 Å². The van der Waals surface area contributed by atoms with Gasteiger partial charge in [-0.2, -0.15) is 0 Å². The number of hydrogen-bond acceptors (Lipinski definition) is 5. The zero-order chi connectivity index (χ0) is 21.3. The lowest BCUT2D eigenvalue weighted by Gasteiger charge is -2.26. The Balaban J connectivity index is 1.43. The lowest BCUT2D eigenvalue weighted by Crippen LogP contribution is -2.34. The van der Waals surface area contributed by atoms with E-state index in [0.717, 1.165) is 18.4 Å².